The Morgan fingerprint density at radius 2 is 2.36 bits per heavy atom. The monoisotopic (exact) mass is 191 g/mol. The van der Waals surface area contributed by atoms with E-state index in [0.29, 0.717) is 16.9 Å². The molecule has 4 heteroatoms. The third-order valence-corrected chi connectivity index (χ3v) is 1.94. The molecular weight excluding hydrogens is 182 g/mol. The number of hydrogen-bond donors (Lipinski definition) is 1. The van der Waals surface area contributed by atoms with Gasteiger partial charge in [-0.15, -0.1) is 0 Å². The maximum absolute atomic E-state index is 11.3. The van der Waals surface area contributed by atoms with Gasteiger partial charge in [0, 0.05) is 18.0 Å². The van der Waals surface area contributed by atoms with Crippen LogP contribution in [0.1, 0.15) is 10.4 Å². The van der Waals surface area contributed by atoms with Gasteiger partial charge in [-0.1, -0.05) is 0 Å². The zero-order valence-electron chi connectivity index (χ0n) is 7.61. The maximum Gasteiger partial charge on any atom is 0.340 e. The standard InChI is InChI=1S/C10H9NO3/c1-13-10(12)8-6-11-5-7(8)9-3-2-4-14-9/h2-6,11H,1H3. The van der Waals surface area contributed by atoms with Crippen molar-refractivity contribution >= 4 is 5.97 Å². The van der Waals surface area contributed by atoms with Gasteiger partial charge in [0.2, 0.25) is 0 Å². The summed E-state index contributed by atoms with van der Waals surface area (Å²) in [4.78, 5) is 14.1. The van der Waals surface area contributed by atoms with Crippen molar-refractivity contribution in [2.24, 2.45) is 0 Å². The van der Waals surface area contributed by atoms with Crippen LogP contribution in [0.4, 0.5) is 0 Å². The molecular formula is C10H9NO3. The van der Waals surface area contributed by atoms with E-state index in [9.17, 15) is 4.79 Å². The van der Waals surface area contributed by atoms with Crippen LogP contribution in [0.3, 0.4) is 0 Å². The van der Waals surface area contributed by atoms with Crippen molar-refractivity contribution in [2.45, 2.75) is 0 Å². The van der Waals surface area contributed by atoms with Crippen LogP contribution >= 0.6 is 0 Å². The highest BCUT2D eigenvalue weighted by molar-refractivity contribution is 5.96. The predicted molar refractivity (Wildman–Crippen MR) is 49.8 cm³/mol. The lowest BCUT2D eigenvalue weighted by molar-refractivity contribution is 0.0601. The van der Waals surface area contributed by atoms with Gasteiger partial charge in [-0.05, 0) is 12.1 Å². The van der Waals surface area contributed by atoms with E-state index in [1.165, 1.54) is 7.11 Å². The predicted octanol–water partition coefficient (Wildman–Crippen LogP) is 2.06. The highest BCUT2D eigenvalue weighted by Crippen LogP contribution is 2.24. The molecule has 0 radical (unpaired) electrons. The Bertz CT molecular complexity index is 428. The molecule has 0 spiro atoms. The Labute approximate surface area is 80.5 Å². The lowest BCUT2D eigenvalue weighted by Gasteiger charge is -1.98. The van der Waals surface area contributed by atoms with Crippen molar-refractivity contribution in [3.63, 3.8) is 0 Å². The minimum atomic E-state index is -0.377. The van der Waals surface area contributed by atoms with Crippen molar-refractivity contribution in [3.8, 4) is 11.3 Å². The molecule has 4 nitrogen and oxygen atoms in total. The molecule has 0 atom stereocenters. The highest BCUT2D eigenvalue weighted by atomic mass is 16.5. The number of furan rings is 1. The van der Waals surface area contributed by atoms with E-state index in [0.717, 1.165) is 0 Å². The van der Waals surface area contributed by atoms with Gasteiger partial charge in [0.25, 0.3) is 0 Å². The summed E-state index contributed by atoms with van der Waals surface area (Å²) in [5, 5.41) is 0. The van der Waals surface area contributed by atoms with Crippen LogP contribution in [0.15, 0.2) is 35.2 Å². The molecule has 0 aliphatic heterocycles. The molecule has 2 heterocycles. The Hall–Kier alpha value is -1.97. The molecule has 0 aliphatic carbocycles. The number of carbonyl (C=O) groups excluding carboxylic acids is 1. The number of rotatable bonds is 2. The summed E-state index contributed by atoms with van der Waals surface area (Å²) in [7, 11) is 1.35. The molecule has 72 valence electrons. The molecule has 2 aromatic rings. The summed E-state index contributed by atoms with van der Waals surface area (Å²) in [6, 6.07) is 3.55. The average Bonchev–Trinajstić information content (AvgIpc) is 2.85. The average molecular weight is 191 g/mol. The summed E-state index contributed by atoms with van der Waals surface area (Å²) in [6.07, 6.45) is 4.85. The molecule has 14 heavy (non-hydrogen) atoms. The molecule has 0 fully saturated rings. The Morgan fingerprint density at radius 1 is 1.50 bits per heavy atom. The van der Waals surface area contributed by atoms with Crippen molar-refractivity contribution in [2.75, 3.05) is 7.11 Å². The molecule has 0 aromatic carbocycles. The first-order chi connectivity index (χ1) is 6.83. The van der Waals surface area contributed by atoms with Crippen molar-refractivity contribution in [3.05, 3.63) is 36.4 Å². The highest BCUT2D eigenvalue weighted by Gasteiger charge is 2.15. The fourth-order valence-corrected chi connectivity index (χ4v) is 1.28. The Kier molecular flexibility index (Phi) is 2.10. The first kappa shape index (κ1) is 8.62. The van der Waals surface area contributed by atoms with E-state index in [-0.39, 0.29) is 5.97 Å². The van der Waals surface area contributed by atoms with E-state index in [4.69, 9.17) is 4.42 Å². The Balaban J connectivity index is 2.45. The largest absolute Gasteiger partial charge is 0.465 e. The van der Waals surface area contributed by atoms with Crippen molar-refractivity contribution in [1.29, 1.82) is 0 Å². The maximum atomic E-state index is 11.3. The zero-order chi connectivity index (χ0) is 9.97. The molecule has 0 bridgehead atoms. The number of esters is 1. The van der Waals surface area contributed by atoms with Crippen molar-refractivity contribution < 1.29 is 13.9 Å². The fraction of sp³-hybridized carbons (Fsp3) is 0.100. The number of H-pyrrole nitrogens is 1. The van der Waals surface area contributed by atoms with E-state index in [2.05, 4.69) is 9.72 Å². The molecule has 0 saturated heterocycles. The number of methoxy groups -OCH3 is 1. The van der Waals surface area contributed by atoms with E-state index < -0.39 is 0 Å². The fourth-order valence-electron chi connectivity index (χ4n) is 1.28. The smallest absolute Gasteiger partial charge is 0.340 e. The molecule has 2 rings (SSSR count). The summed E-state index contributed by atoms with van der Waals surface area (Å²) in [5.74, 6) is 0.268. The van der Waals surface area contributed by atoms with Crippen LogP contribution in [0.2, 0.25) is 0 Å². The normalized spacial score (nSPS) is 10.1. The van der Waals surface area contributed by atoms with Crippen LogP contribution in [-0.4, -0.2) is 18.1 Å². The van der Waals surface area contributed by atoms with Crippen LogP contribution in [0.25, 0.3) is 11.3 Å². The van der Waals surface area contributed by atoms with Gasteiger partial charge in [0.1, 0.15) is 5.76 Å². The SMILES string of the molecule is COC(=O)c1c[nH]cc1-c1ccco1. The third-order valence-electron chi connectivity index (χ3n) is 1.94. The van der Waals surface area contributed by atoms with Gasteiger partial charge in [0.05, 0.1) is 18.9 Å². The second-order valence-electron chi connectivity index (χ2n) is 2.75. The molecule has 0 aliphatic rings. The van der Waals surface area contributed by atoms with Gasteiger partial charge in [0.15, 0.2) is 0 Å². The van der Waals surface area contributed by atoms with Gasteiger partial charge >= 0.3 is 5.97 Å². The third kappa shape index (κ3) is 1.31. The van der Waals surface area contributed by atoms with E-state index in [1.807, 2.05) is 0 Å². The zero-order valence-corrected chi connectivity index (χ0v) is 7.61. The van der Waals surface area contributed by atoms with Crippen molar-refractivity contribution in [1.82, 2.24) is 4.98 Å². The first-order valence-corrected chi connectivity index (χ1v) is 4.12. The number of carbonyl (C=O) groups is 1. The number of ether oxygens (including phenoxy) is 1. The quantitative estimate of drug-likeness (QED) is 0.739. The summed E-state index contributed by atoms with van der Waals surface area (Å²) < 4.78 is 9.82. The molecule has 0 amide bonds. The Morgan fingerprint density at radius 3 is 3.00 bits per heavy atom. The van der Waals surface area contributed by atoms with Gasteiger partial charge in [-0.3, -0.25) is 0 Å². The second kappa shape index (κ2) is 3.41. The summed E-state index contributed by atoms with van der Waals surface area (Å²) in [5.41, 5.74) is 1.18. The molecule has 2 aromatic heterocycles. The second-order valence-corrected chi connectivity index (χ2v) is 2.75. The topological polar surface area (TPSA) is 55.2 Å². The summed E-state index contributed by atoms with van der Waals surface area (Å²) >= 11 is 0. The number of aromatic nitrogens is 1. The number of nitrogens with one attached hydrogen (secondary N) is 1. The molecule has 0 saturated carbocycles. The lowest BCUT2D eigenvalue weighted by Crippen LogP contribution is -2.00. The summed E-state index contributed by atoms with van der Waals surface area (Å²) in [6.45, 7) is 0. The van der Waals surface area contributed by atoms with E-state index >= 15 is 0 Å². The van der Waals surface area contributed by atoms with Gasteiger partial charge in [-0.25, -0.2) is 4.79 Å². The van der Waals surface area contributed by atoms with Crippen LogP contribution in [0, 0.1) is 0 Å². The first-order valence-electron chi connectivity index (χ1n) is 4.12. The molecule has 1 N–H and O–H groups in total. The minimum absolute atomic E-state index is 0.377. The number of hydrogen-bond acceptors (Lipinski definition) is 3. The van der Waals surface area contributed by atoms with Gasteiger partial charge in [-0.2, -0.15) is 0 Å². The van der Waals surface area contributed by atoms with Crippen LogP contribution < -0.4 is 0 Å². The van der Waals surface area contributed by atoms with Crippen LogP contribution in [0.5, 0.6) is 0 Å². The lowest BCUT2D eigenvalue weighted by atomic mass is 10.1. The van der Waals surface area contributed by atoms with Crippen LogP contribution in [-0.2, 0) is 4.74 Å². The number of aromatic amines is 1. The molecule has 0 unspecified atom stereocenters. The van der Waals surface area contributed by atoms with E-state index in [1.54, 1.807) is 30.8 Å². The van der Waals surface area contributed by atoms with Gasteiger partial charge < -0.3 is 14.1 Å². The minimum Gasteiger partial charge on any atom is -0.465 e.